The molecule has 0 saturated carbocycles. The molecule has 1 amide bonds. The van der Waals surface area contributed by atoms with Gasteiger partial charge in [-0.25, -0.2) is 9.97 Å². The molecule has 2 aromatic heterocycles. The standard InChI is InChI=1S/C15H19N5O3/c1-10-7-13(19-23-10)18-14(21)4-6-20-5-3-12-11(8-20)15(22-2)17-9-16-12/h7,9H,3-6,8H2,1-2H3,(H,18,19,21). The van der Waals surface area contributed by atoms with Crippen LogP contribution in [0.5, 0.6) is 5.88 Å². The summed E-state index contributed by atoms with van der Waals surface area (Å²) >= 11 is 0. The lowest BCUT2D eigenvalue weighted by molar-refractivity contribution is -0.116. The largest absolute Gasteiger partial charge is 0.481 e. The Morgan fingerprint density at radius 1 is 1.48 bits per heavy atom. The second-order valence-electron chi connectivity index (χ2n) is 5.46. The monoisotopic (exact) mass is 317 g/mol. The van der Waals surface area contributed by atoms with Crippen molar-refractivity contribution in [2.45, 2.75) is 26.3 Å². The fourth-order valence-corrected chi connectivity index (χ4v) is 2.63. The average molecular weight is 317 g/mol. The second kappa shape index (κ2) is 6.74. The van der Waals surface area contributed by atoms with Gasteiger partial charge in [-0.1, -0.05) is 5.16 Å². The van der Waals surface area contributed by atoms with E-state index in [2.05, 4.69) is 25.3 Å². The molecule has 0 bridgehead atoms. The van der Waals surface area contributed by atoms with Gasteiger partial charge in [0.2, 0.25) is 11.8 Å². The molecule has 0 fully saturated rings. The minimum Gasteiger partial charge on any atom is -0.481 e. The molecular weight excluding hydrogens is 298 g/mol. The topological polar surface area (TPSA) is 93.4 Å². The number of carbonyl (C=O) groups excluding carboxylic acids is 1. The van der Waals surface area contributed by atoms with Crippen molar-refractivity contribution in [3.8, 4) is 5.88 Å². The number of ether oxygens (including phenoxy) is 1. The molecule has 122 valence electrons. The van der Waals surface area contributed by atoms with E-state index in [1.54, 1.807) is 20.1 Å². The van der Waals surface area contributed by atoms with Crippen LogP contribution in [0.4, 0.5) is 5.82 Å². The molecule has 0 aromatic carbocycles. The Balaban J connectivity index is 1.54. The van der Waals surface area contributed by atoms with E-state index in [0.29, 0.717) is 37.0 Å². The lowest BCUT2D eigenvalue weighted by atomic mass is 10.1. The first kappa shape index (κ1) is 15.4. The number of nitrogens with one attached hydrogen (secondary N) is 1. The Labute approximate surface area is 133 Å². The van der Waals surface area contributed by atoms with E-state index in [9.17, 15) is 4.79 Å². The van der Waals surface area contributed by atoms with Crippen molar-refractivity contribution in [2.75, 3.05) is 25.5 Å². The van der Waals surface area contributed by atoms with Crippen molar-refractivity contribution in [2.24, 2.45) is 0 Å². The summed E-state index contributed by atoms with van der Waals surface area (Å²) in [6, 6.07) is 1.69. The molecule has 3 rings (SSSR count). The maximum Gasteiger partial charge on any atom is 0.226 e. The number of methoxy groups -OCH3 is 1. The van der Waals surface area contributed by atoms with Crippen molar-refractivity contribution in [3.05, 3.63) is 29.4 Å². The third kappa shape index (κ3) is 3.65. The van der Waals surface area contributed by atoms with Crippen LogP contribution in [-0.2, 0) is 17.8 Å². The average Bonchev–Trinajstić information content (AvgIpc) is 2.97. The highest BCUT2D eigenvalue weighted by molar-refractivity contribution is 5.89. The second-order valence-corrected chi connectivity index (χ2v) is 5.46. The highest BCUT2D eigenvalue weighted by Crippen LogP contribution is 2.24. The number of aryl methyl sites for hydroxylation is 1. The normalized spacial score (nSPS) is 14.3. The number of fused-ring (bicyclic) bond motifs is 1. The zero-order chi connectivity index (χ0) is 16.2. The number of hydrogen-bond donors (Lipinski definition) is 1. The molecule has 8 nitrogen and oxygen atoms in total. The van der Waals surface area contributed by atoms with Gasteiger partial charge in [-0.3, -0.25) is 9.69 Å². The van der Waals surface area contributed by atoms with Crippen molar-refractivity contribution < 1.29 is 14.1 Å². The first-order chi connectivity index (χ1) is 11.2. The first-order valence-electron chi connectivity index (χ1n) is 7.48. The fourth-order valence-electron chi connectivity index (χ4n) is 2.63. The van der Waals surface area contributed by atoms with Crippen LogP contribution < -0.4 is 10.1 Å². The molecule has 0 unspecified atom stereocenters. The van der Waals surface area contributed by atoms with Crippen LogP contribution in [0.25, 0.3) is 0 Å². The van der Waals surface area contributed by atoms with E-state index in [1.807, 2.05) is 0 Å². The molecular formula is C15H19N5O3. The Hall–Kier alpha value is -2.48. The summed E-state index contributed by atoms with van der Waals surface area (Å²) in [4.78, 5) is 22.6. The minimum atomic E-state index is -0.0830. The van der Waals surface area contributed by atoms with Gasteiger partial charge in [0.25, 0.3) is 0 Å². The SMILES string of the molecule is COc1ncnc2c1CN(CCC(=O)Nc1cc(C)on1)CC2. The van der Waals surface area contributed by atoms with E-state index >= 15 is 0 Å². The summed E-state index contributed by atoms with van der Waals surface area (Å²) in [5.41, 5.74) is 2.03. The molecule has 0 aliphatic carbocycles. The number of anilines is 1. The molecule has 1 aliphatic heterocycles. The molecule has 0 saturated heterocycles. The molecule has 8 heteroatoms. The third-order valence-electron chi connectivity index (χ3n) is 3.79. The Bertz CT molecular complexity index is 686. The van der Waals surface area contributed by atoms with E-state index in [0.717, 1.165) is 24.2 Å². The van der Waals surface area contributed by atoms with E-state index in [1.165, 1.54) is 6.33 Å². The van der Waals surface area contributed by atoms with Crippen molar-refractivity contribution >= 4 is 11.7 Å². The minimum absolute atomic E-state index is 0.0830. The van der Waals surface area contributed by atoms with Crippen molar-refractivity contribution in [1.82, 2.24) is 20.0 Å². The fraction of sp³-hybridized carbons (Fsp3) is 0.467. The predicted molar refractivity (Wildman–Crippen MR) is 82.1 cm³/mol. The molecule has 2 aromatic rings. The Morgan fingerprint density at radius 2 is 2.35 bits per heavy atom. The number of amides is 1. The van der Waals surface area contributed by atoms with Crippen LogP contribution in [0.3, 0.4) is 0 Å². The van der Waals surface area contributed by atoms with E-state index in [-0.39, 0.29) is 5.91 Å². The number of rotatable bonds is 5. The van der Waals surface area contributed by atoms with Gasteiger partial charge in [0.1, 0.15) is 12.1 Å². The third-order valence-corrected chi connectivity index (χ3v) is 3.79. The quantitative estimate of drug-likeness (QED) is 0.884. The van der Waals surface area contributed by atoms with Gasteiger partial charge in [0, 0.05) is 44.1 Å². The summed E-state index contributed by atoms with van der Waals surface area (Å²) in [6.45, 7) is 3.99. The van der Waals surface area contributed by atoms with Gasteiger partial charge in [-0.05, 0) is 6.92 Å². The van der Waals surface area contributed by atoms with Crippen LogP contribution in [0, 0.1) is 6.92 Å². The number of nitrogens with zero attached hydrogens (tertiary/aromatic N) is 4. The maximum absolute atomic E-state index is 12.0. The lowest BCUT2D eigenvalue weighted by Crippen LogP contribution is -2.34. The van der Waals surface area contributed by atoms with Crippen molar-refractivity contribution in [3.63, 3.8) is 0 Å². The summed E-state index contributed by atoms with van der Waals surface area (Å²) in [6.07, 6.45) is 2.75. The number of aromatic nitrogens is 3. The summed E-state index contributed by atoms with van der Waals surface area (Å²) in [5, 5.41) is 6.47. The zero-order valence-corrected chi connectivity index (χ0v) is 13.2. The van der Waals surface area contributed by atoms with E-state index in [4.69, 9.17) is 9.26 Å². The van der Waals surface area contributed by atoms with Crippen LogP contribution in [0.1, 0.15) is 23.4 Å². The van der Waals surface area contributed by atoms with Crippen LogP contribution in [0.15, 0.2) is 16.9 Å². The predicted octanol–water partition coefficient (Wildman–Crippen LogP) is 1.17. The van der Waals surface area contributed by atoms with E-state index < -0.39 is 0 Å². The van der Waals surface area contributed by atoms with Gasteiger partial charge < -0.3 is 14.6 Å². The highest BCUT2D eigenvalue weighted by atomic mass is 16.5. The molecule has 1 aliphatic rings. The first-order valence-corrected chi connectivity index (χ1v) is 7.48. The summed E-state index contributed by atoms with van der Waals surface area (Å²) in [5.74, 6) is 1.65. The molecule has 0 spiro atoms. The van der Waals surface area contributed by atoms with Gasteiger partial charge in [0.05, 0.1) is 12.8 Å². The van der Waals surface area contributed by atoms with Gasteiger partial charge in [-0.2, -0.15) is 0 Å². The van der Waals surface area contributed by atoms with Crippen LogP contribution in [-0.4, -0.2) is 46.1 Å². The maximum atomic E-state index is 12.0. The van der Waals surface area contributed by atoms with Gasteiger partial charge >= 0.3 is 0 Å². The summed E-state index contributed by atoms with van der Waals surface area (Å²) in [7, 11) is 1.61. The Morgan fingerprint density at radius 3 is 3.09 bits per heavy atom. The molecule has 1 N–H and O–H groups in total. The number of carbonyl (C=O) groups is 1. The van der Waals surface area contributed by atoms with Gasteiger partial charge in [0.15, 0.2) is 5.82 Å². The highest BCUT2D eigenvalue weighted by Gasteiger charge is 2.22. The molecule has 23 heavy (non-hydrogen) atoms. The van der Waals surface area contributed by atoms with Gasteiger partial charge in [-0.15, -0.1) is 0 Å². The number of hydrogen-bond acceptors (Lipinski definition) is 7. The molecule has 0 atom stereocenters. The Kier molecular flexibility index (Phi) is 4.52. The van der Waals surface area contributed by atoms with Crippen molar-refractivity contribution in [1.29, 1.82) is 0 Å². The summed E-state index contributed by atoms with van der Waals surface area (Å²) < 4.78 is 10.2. The molecule has 0 radical (unpaired) electrons. The molecule has 3 heterocycles. The lowest BCUT2D eigenvalue weighted by Gasteiger charge is -2.28. The smallest absolute Gasteiger partial charge is 0.226 e. The van der Waals surface area contributed by atoms with Crippen LogP contribution >= 0.6 is 0 Å². The zero-order valence-electron chi connectivity index (χ0n) is 13.2. The van der Waals surface area contributed by atoms with Crippen LogP contribution in [0.2, 0.25) is 0 Å².